The van der Waals surface area contributed by atoms with E-state index in [0.29, 0.717) is 6.04 Å². The van der Waals surface area contributed by atoms with E-state index in [1.165, 1.54) is 5.56 Å². The Labute approximate surface area is 133 Å². The van der Waals surface area contributed by atoms with E-state index in [4.69, 9.17) is 9.47 Å². The normalized spacial score (nSPS) is 16.6. The molecule has 0 bridgehead atoms. The molecule has 0 radical (unpaired) electrons. The summed E-state index contributed by atoms with van der Waals surface area (Å²) in [5.74, 6) is 1.81. The van der Waals surface area contributed by atoms with Gasteiger partial charge in [0.1, 0.15) is 11.5 Å². The molecule has 116 valence electrons. The number of halogens is 2. The van der Waals surface area contributed by atoms with Gasteiger partial charge >= 0.3 is 0 Å². The van der Waals surface area contributed by atoms with Crippen LogP contribution in [0.1, 0.15) is 18.5 Å². The maximum atomic E-state index is 5.46. The minimum Gasteiger partial charge on any atom is -0.497 e. The fourth-order valence-electron chi connectivity index (χ4n) is 2.43. The quantitative estimate of drug-likeness (QED) is 0.923. The Morgan fingerprint density at radius 2 is 1.75 bits per heavy atom. The van der Waals surface area contributed by atoms with Crippen LogP contribution in [-0.2, 0) is 0 Å². The molecule has 6 heteroatoms. The molecule has 2 rings (SSSR count). The fraction of sp³-hybridized carbons (Fsp3) is 0.571. The minimum atomic E-state index is 0. The van der Waals surface area contributed by atoms with Crippen LogP contribution >= 0.6 is 24.8 Å². The summed E-state index contributed by atoms with van der Waals surface area (Å²) < 4.78 is 10.8. The molecule has 1 saturated heterocycles. The van der Waals surface area contributed by atoms with Gasteiger partial charge in [-0.2, -0.15) is 0 Å². The SMILES string of the molecule is COc1ccc(OC)c([C@@H](C)N2CCNCC2)c1.Cl.Cl. The predicted molar refractivity (Wildman–Crippen MR) is 86.9 cm³/mol. The number of hydrogen-bond acceptors (Lipinski definition) is 4. The molecule has 0 aromatic heterocycles. The molecule has 1 fully saturated rings. The van der Waals surface area contributed by atoms with Crippen LogP contribution in [0.15, 0.2) is 18.2 Å². The maximum Gasteiger partial charge on any atom is 0.123 e. The van der Waals surface area contributed by atoms with Crippen LogP contribution in [0, 0.1) is 0 Å². The van der Waals surface area contributed by atoms with Crippen LogP contribution in [0.5, 0.6) is 11.5 Å². The van der Waals surface area contributed by atoms with Crippen molar-refractivity contribution >= 4 is 24.8 Å². The largest absolute Gasteiger partial charge is 0.497 e. The molecule has 1 atom stereocenters. The molecule has 0 saturated carbocycles. The summed E-state index contributed by atoms with van der Waals surface area (Å²) in [5.41, 5.74) is 1.19. The van der Waals surface area contributed by atoms with Gasteiger partial charge in [-0.25, -0.2) is 0 Å². The third-order valence-corrected chi connectivity index (χ3v) is 3.59. The first-order valence-electron chi connectivity index (χ1n) is 6.43. The maximum absolute atomic E-state index is 5.46. The summed E-state index contributed by atoms with van der Waals surface area (Å²) in [6.07, 6.45) is 0. The number of hydrogen-bond donors (Lipinski definition) is 1. The number of nitrogens with one attached hydrogen (secondary N) is 1. The van der Waals surface area contributed by atoms with E-state index >= 15 is 0 Å². The highest BCUT2D eigenvalue weighted by Crippen LogP contribution is 2.32. The van der Waals surface area contributed by atoms with E-state index in [9.17, 15) is 0 Å². The first kappa shape index (κ1) is 19.3. The minimum absolute atomic E-state index is 0. The summed E-state index contributed by atoms with van der Waals surface area (Å²) in [6.45, 7) is 6.47. The predicted octanol–water partition coefficient (Wildman–Crippen LogP) is 2.51. The van der Waals surface area contributed by atoms with Gasteiger partial charge in [0.15, 0.2) is 0 Å². The summed E-state index contributed by atoms with van der Waals surface area (Å²) in [6, 6.07) is 6.34. The molecule has 1 aliphatic rings. The van der Waals surface area contributed by atoms with Gasteiger partial charge in [0.05, 0.1) is 14.2 Å². The molecular weight excluding hydrogens is 299 g/mol. The lowest BCUT2D eigenvalue weighted by Crippen LogP contribution is -2.44. The van der Waals surface area contributed by atoms with Crippen molar-refractivity contribution in [2.75, 3.05) is 40.4 Å². The zero-order valence-electron chi connectivity index (χ0n) is 12.2. The second-order valence-electron chi connectivity index (χ2n) is 4.57. The molecule has 1 aromatic rings. The van der Waals surface area contributed by atoms with Crippen molar-refractivity contribution in [2.45, 2.75) is 13.0 Å². The average molecular weight is 323 g/mol. The van der Waals surface area contributed by atoms with Crippen molar-refractivity contribution in [2.24, 2.45) is 0 Å². The molecule has 0 unspecified atom stereocenters. The highest BCUT2D eigenvalue weighted by atomic mass is 35.5. The lowest BCUT2D eigenvalue weighted by Gasteiger charge is -2.33. The zero-order chi connectivity index (χ0) is 13.0. The van der Waals surface area contributed by atoms with E-state index < -0.39 is 0 Å². The van der Waals surface area contributed by atoms with Crippen molar-refractivity contribution in [3.8, 4) is 11.5 Å². The van der Waals surface area contributed by atoms with E-state index in [0.717, 1.165) is 37.7 Å². The Hall–Kier alpha value is -0.680. The number of rotatable bonds is 4. The molecule has 1 aliphatic heterocycles. The topological polar surface area (TPSA) is 33.7 Å². The van der Waals surface area contributed by atoms with E-state index in [2.05, 4.69) is 23.2 Å². The smallest absolute Gasteiger partial charge is 0.123 e. The van der Waals surface area contributed by atoms with Crippen LogP contribution in [-0.4, -0.2) is 45.3 Å². The summed E-state index contributed by atoms with van der Waals surface area (Å²) in [5, 5.41) is 3.37. The van der Waals surface area contributed by atoms with Crippen LogP contribution in [0.4, 0.5) is 0 Å². The fourth-order valence-corrected chi connectivity index (χ4v) is 2.43. The Bertz CT molecular complexity index is 399. The highest BCUT2D eigenvalue weighted by molar-refractivity contribution is 5.85. The number of nitrogens with zero attached hydrogens (tertiary/aromatic N) is 1. The number of methoxy groups -OCH3 is 2. The third-order valence-electron chi connectivity index (χ3n) is 3.59. The van der Waals surface area contributed by atoms with Crippen LogP contribution < -0.4 is 14.8 Å². The van der Waals surface area contributed by atoms with Crippen LogP contribution in [0.3, 0.4) is 0 Å². The summed E-state index contributed by atoms with van der Waals surface area (Å²) in [4.78, 5) is 2.47. The van der Waals surface area contributed by atoms with Gasteiger partial charge in [0.25, 0.3) is 0 Å². The lowest BCUT2D eigenvalue weighted by molar-refractivity contribution is 0.182. The van der Waals surface area contributed by atoms with E-state index in [1.807, 2.05) is 12.1 Å². The number of piperazine rings is 1. The second-order valence-corrected chi connectivity index (χ2v) is 4.57. The van der Waals surface area contributed by atoms with E-state index in [-0.39, 0.29) is 24.8 Å². The highest BCUT2D eigenvalue weighted by Gasteiger charge is 2.21. The Morgan fingerprint density at radius 3 is 2.30 bits per heavy atom. The van der Waals surface area contributed by atoms with Gasteiger partial charge in [-0.3, -0.25) is 4.90 Å². The molecule has 0 amide bonds. The first-order chi connectivity index (χ1) is 8.76. The van der Waals surface area contributed by atoms with E-state index in [1.54, 1.807) is 14.2 Å². The van der Waals surface area contributed by atoms with Gasteiger partial charge < -0.3 is 14.8 Å². The summed E-state index contributed by atoms with van der Waals surface area (Å²) >= 11 is 0. The Balaban J connectivity index is 0.00000180. The first-order valence-corrected chi connectivity index (χ1v) is 6.43. The monoisotopic (exact) mass is 322 g/mol. The molecule has 20 heavy (non-hydrogen) atoms. The molecule has 1 aromatic carbocycles. The molecule has 4 nitrogen and oxygen atoms in total. The number of benzene rings is 1. The second kappa shape index (κ2) is 9.29. The third kappa shape index (κ3) is 4.42. The summed E-state index contributed by atoms with van der Waals surface area (Å²) in [7, 11) is 3.41. The average Bonchev–Trinajstić information content (AvgIpc) is 2.46. The Kier molecular flexibility index (Phi) is 8.98. The van der Waals surface area contributed by atoms with Gasteiger partial charge in [0.2, 0.25) is 0 Å². The molecule has 1 heterocycles. The van der Waals surface area contributed by atoms with Crippen molar-refractivity contribution in [3.05, 3.63) is 23.8 Å². The van der Waals surface area contributed by atoms with Crippen molar-refractivity contribution < 1.29 is 9.47 Å². The van der Waals surface area contributed by atoms with Gasteiger partial charge in [-0.05, 0) is 25.1 Å². The molecule has 1 N–H and O–H groups in total. The van der Waals surface area contributed by atoms with Gasteiger partial charge in [-0.1, -0.05) is 0 Å². The standard InChI is InChI=1S/C14H22N2O2.2ClH/c1-11(16-8-6-15-7-9-16)13-10-12(17-2)4-5-14(13)18-3;;/h4-5,10-11,15H,6-9H2,1-3H3;2*1H/t11-;;/m1../s1. The molecule has 0 spiro atoms. The van der Waals surface area contributed by atoms with Gasteiger partial charge in [0, 0.05) is 37.8 Å². The van der Waals surface area contributed by atoms with Crippen LogP contribution in [0.2, 0.25) is 0 Å². The Morgan fingerprint density at radius 1 is 1.10 bits per heavy atom. The van der Waals surface area contributed by atoms with Crippen molar-refractivity contribution in [3.63, 3.8) is 0 Å². The molecule has 0 aliphatic carbocycles. The number of ether oxygens (including phenoxy) is 2. The lowest BCUT2D eigenvalue weighted by atomic mass is 10.0. The van der Waals surface area contributed by atoms with Crippen LogP contribution in [0.25, 0.3) is 0 Å². The zero-order valence-corrected chi connectivity index (χ0v) is 13.9. The van der Waals surface area contributed by atoms with Crippen molar-refractivity contribution in [1.82, 2.24) is 10.2 Å². The van der Waals surface area contributed by atoms with Crippen molar-refractivity contribution in [1.29, 1.82) is 0 Å². The van der Waals surface area contributed by atoms with Gasteiger partial charge in [-0.15, -0.1) is 24.8 Å². The molecular formula is C14H24Cl2N2O2.